The first-order valence-electron chi connectivity index (χ1n) is 6.90. The Morgan fingerprint density at radius 2 is 2.05 bits per heavy atom. The van der Waals surface area contributed by atoms with Crippen LogP contribution in [0.25, 0.3) is 0 Å². The van der Waals surface area contributed by atoms with E-state index in [2.05, 4.69) is 4.90 Å². The summed E-state index contributed by atoms with van der Waals surface area (Å²) < 4.78 is 5.14. The molecule has 2 N–H and O–H groups in total. The Balaban J connectivity index is 1.95. The number of nitrogen functional groups attached to an aromatic ring is 1. The van der Waals surface area contributed by atoms with Crippen molar-refractivity contribution in [3.8, 4) is 5.75 Å². The summed E-state index contributed by atoms with van der Waals surface area (Å²) in [6.45, 7) is 3.05. The number of likely N-dealkylation sites (tertiary alicyclic amines) is 1. The molecular formula is C15H22N2O2. The SMILES string of the molecule is COc1cccc(C(=O)CCN2CCCCC2)c1N. The predicted octanol–water partition coefficient (Wildman–Crippen LogP) is 2.34. The minimum atomic E-state index is 0.0990. The van der Waals surface area contributed by atoms with Gasteiger partial charge in [-0.15, -0.1) is 0 Å². The van der Waals surface area contributed by atoms with Gasteiger partial charge in [0.15, 0.2) is 5.78 Å². The molecular weight excluding hydrogens is 240 g/mol. The van der Waals surface area contributed by atoms with Gasteiger partial charge in [-0.1, -0.05) is 12.5 Å². The second-order valence-electron chi connectivity index (χ2n) is 5.00. The van der Waals surface area contributed by atoms with Gasteiger partial charge in [0.25, 0.3) is 0 Å². The highest BCUT2D eigenvalue weighted by atomic mass is 16.5. The van der Waals surface area contributed by atoms with Crippen LogP contribution < -0.4 is 10.5 Å². The highest BCUT2D eigenvalue weighted by Crippen LogP contribution is 2.25. The number of rotatable bonds is 5. The van der Waals surface area contributed by atoms with Crippen LogP contribution in [0.2, 0.25) is 0 Å². The number of nitrogens with zero attached hydrogens (tertiary/aromatic N) is 1. The molecule has 0 unspecified atom stereocenters. The summed E-state index contributed by atoms with van der Waals surface area (Å²) in [5.41, 5.74) is 6.98. The first-order valence-corrected chi connectivity index (χ1v) is 6.90. The molecule has 0 amide bonds. The van der Waals surface area contributed by atoms with Crippen LogP contribution in [-0.4, -0.2) is 37.4 Å². The lowest BCUT2D eigenvalue weighted by atomic mass is 10.0. The number of para-hydroxylation sites is 1. The normalized spacial score (nSPS) is 16.3. The number of hydrogen-bond acceptors (Lipinski definition) is 4. The Hall–Kier alpha value is -1.55. The average Bonchev–Trinajstić information content (AvgIpc) is 2.46. The van der Waals surface area contributed by atoms with Crippen molar-refractivity contribution in [1.29, 1.82) is 0 Å². The second-order valence-corrected chi connectivity index (χ2v) is 5.00. The summed E-state index contributed by atoms with van der Waals surface area (Å²) >= 11 is 0. The smallest absolute Gasteiger partial charge is 0.166 e. The molecule has 0 aliphatic carbocycles. The largest absolute Gasteiger partial charge is 0.495 e. The monoisotopic (exact) mass is 262 g/mol. The van der Waals surface area contributed by atoms with Crippen molar-refractivity contribution in [3.05, 3.63) is 23.8 Å². The van der Waals surface area contributed by atoms with E-state index in [-0.39, 0.29) is 5.78 Å². The zero-order valence-corrected chi connectivity index (χ0v) is 11.5. The Labute approximate surface area is 114 Å². The molecule has 0 radical (unpaired) electrons. The maximum absolute atomic E-state index is 12.2. The molecule has 0 saturated carbocycles. The predicted molar refractivity (Wildman–Crippen MR) is 76.6 cm³/mol. The minimum absolute atomic E-state index is 0.0990. The Morgan fingerprint density at radius 3 is 2.74 bits per heavy atom. The third-order valence-corrected chi connectivity index (χ3v) is 3.69. The molecule has 104 valence electrons. The van der Waals surface area contributed by atoms with Gasteiger partial charge in [-0.2, -0.15) is 0 Å². The third-order valence-electron chi connectivity index (χ3n) is 3.69. The molecule has 19 heavy (non-hydrogen) atoms. The van der Waals surface area contributed by atoms with E-state index in [0.717, 1.165) is 19.6 Å². The molecule has 1 aliphatic heterocycles. The Morgan fingerprint density at radius 1 is 1.32 bits per heavy atom. The van der Waals surface area contributed by atoms with Crippen LogP contribution in [0, 0.1) is 0 Å². The third kappa shape index (κ3) is 3.47. The van der Waals surface area contributed by atoms with Crippen molar-refractivity contribution in [3.63, 3.8) is 0 Å². The fourth-order valence-corrected chi connectivity index (χ4v) is 2.54. The molecule has 0 spiro atoms. The van der Waals surface area contributed by atoms with Crippen LogP contribution in [0.1, 0.15) is 36.0 Å². The van der Waals surface area contributed by atoms with Gasteiger partial charge in [0.1, 0.15) is 5.75 Å². The number of Topliss-reactive ketones (excluding diaryl/α,β-unsaturated/α-hetero) is 1. The van der Waals surface area contributed by atoms with Gasteiger partial charge in [-0.25, -0.2) is 0 Å². The summed E-state index contributed by atoms with van der Waals surface area (Å²) in [6, 6.07) is 5.36. The van der Waals surface area contributed by atoms with Crippen LogP contribution in [0.3, 0.4) is 0 Å². The number of piperidine rings is 1. The molecule has 1 aromatic rings. The molecule has 0 atom stereocenters. The van der Waals surface area contributed by atoms with E-state index in [1.165, 1.54) is 19.3 Å². The number of hydrogen-bond donors (Lipinski definition) is 1. The molecule has 1 heterocycles. The number of carbonyl (C=O) groups excluding carboxylic acids is 1. The molecule has 1 aromatic carbocycles. The van der Waals surface area contributed by atoms with E-state index >= 15 is 0 Å². The number of methoxy groups -OCH3 is 1. The first-order chi connectivity index (χ1) is 9.22. The van der Waals surface area contributed by atoms with E-state index in [9.17, 15) is 4.79 Å². The van der Waals surface area contributed by atoms with Gasteiger partial charge >= 0.3 is 0 Å². The lowest BCUT2D eigenvalue weighted by Crippen LogP contribution is -2.31. The standard InChI is InChI=1S/C15H22N2O2/c1-19-14-7-5-6-12(15(14)16)13(18)8-11-17-9-3-2-4-10-17/h5-7H,2-4,8-11,16H2,1H3. The number of benzene rings is 1. The van der Waals surface area contributed by atoms with E-state index in [1.807, 2.05) is 6.07 Å². The van der Waals surface area contributed by atoms with Crippen molar-refractivity contribution < 1.29 is 9.53 Å². The van der Waals surface area contributed by atoms with Crippen molar-refractivity contribution >= 4 is 11.5 Å². The molecule has 0 aromatic heterocycles. The lowest BCUT2D eigenvalue weighted by molar-refractivity contribution is 0.0959. The maximum atomic E-state index is 12.2. The van der Waals surface area contributed by atoms with Gasteiger partial charge < -0.3 is 15.4 Å². The van der Waals surface area contributed by atoms with Crippen molar-refractivity contribution in [2.45, 2.75) is 25.7 Å². The average molecular weight is 262 g/mol. The van der Waals surface area contributed by atoms with Crippen LogP contribution >= 0.6 is 0 Å². The van der Waals surface area contributed by atoms with Gasteiger partial charge in [-0.3, -0.25) is 4.79 Å². The summed E-state index contributed by atoms with van der Waals surface area (Å²) in [5.74, 6) is 0.672. The summed E-state index contributed by atoms with van der Waals surface area (Å²) in [7, 11) is 1.56. The maximum Gasteiger partial charge on any atom is 0.166 e. The van der Waals surface area contributed by atoms with Crippen molar-refractivity contribution in [1.82, 2.24) is 4.90 Å². The molecule has 1 saturated heterocycles. The first kappa shape index (κ1) is 13.9. The highest BCUT2D eigenvalue weighted by Gasteiger charge is 2.15. The van der Waals surface area contributed by atoms with Gasteiger partial charge in [0, 0.05) is 18.5 Å². The molecule has 1 fully saturated rings. The van der Waals surface area contributed by atoms with Crippen LogP contribution in [-0.2, 0) is 0 Å². The minimum Gasteiger partial charge on any atom is -0.495 e. The fraction of sp³-hybridized carbons (Fsp3) is 0.533. The molecule has 2 rings (SSSR count). The zero-order valence-electron chi connectivity index (χ0n) is 11.5. The highest BCUT2D eigenvalue weighted by molar-refractivity contribution is 6.01. The van der Waals surface area contributed by atoms with Crippen LogP contribution in [0.4, 0.5) is 5.69 Å². The quantitative estimate of drug-likeness (QED) is 0.653. The van der Waals surface area contributed by atoms with Gasteiger partial charge in [0.05, 0.1) is 12.8 Å². The number of ketones is 1. The summed E-state index contributed by atoms with van der Waals surface area (Å²) in [4.78, 5) is 14.6. The topological polar surface area (TPSA) is 55.6 Å². The molecule has 4 nitrogen and oxygen atoms in total. The lowest BCUT2D eigenvalue weighted by Gasteiger charge is -2.26. The second kappa shape index (κ2) is 6.57. The van der Waals surface area contributed by atoms with Crippen molar-refractivity contribution in [2.75, 3.05) is 32.5 Å². The van der Waals surface area contributed by atoms with Crippen LogP contribution in [0.15, 0.2) is 18.2 Å². The molecule has 1 aliphatic rings. The number of anilines is 1. The van der Waals surface area contributed by atoms with E-state index < -0.39 is 0 Å². The van der Waals surface area contributed by atoms with E-state index in [0.29, 0.717) is 23.4 Å². The fourth-order valence-electron chi connectivity index (χ4n) is 2.54. The number of nitrogens with two attached hydrogens (primary N) is 1. The molecule has 4 heteroatoms. The van der Waals surface area contributed by atoms with E-state index in [1.54, 1.807) is 19.2 Å². The summed E-state index contributed by atoms with van der Waals surface area (Å²) in [6.07, 6.45) is 4.33. The Bertz CT molecular complexity index is 440. The number of carbonyl (C=O) groups is 1. The zero-order chi connectivity index (χ0) is 13.7. The number of ether oxygens (including phenoxy) is 1. The van der Waals surface area contributed by atoms with Crippen LogP contribution in [0.5, 0.6) is 5.75 Å². The van der Waals surface area contributed by atoms with Gasteiger partial charge in [-0.05, 0) is 38.1 Å². The van der Waals surface area contributed by atoms with E-state index in [4.69, 9.17) is 10.5 Å². The Kier molecular flexibility index (Phi) is 4.80. The van der Waals surface area contributed by atoms with Crippen molar-refractivity contribution in [2.24, 2.45) is 0 Å². The summed E-state index contributed by atoms with van der Waals surface area (Å²) in [5, 5.41) is 0. The molecule has 0 bridgehead atoms. The van der Waals surface area contributed by atoms with Gasteiger partial charge in [0.2, 0.25) is 0 Å².